The van der Waals surface area contributed by atoms with Gasteiger partial charge in [0.2, 0.25) is 0 Å². The van der Waals surface area contributed by atoms with E-state index in [2.05, 4.69) is 45.7 Å². The molecule has 0 unspecified atom stereocenters. The van der Waals surface area contributed by atoms with Crippen LogP contribution < -0.4 is 0 Å². The standard InChI is InChI=1S/C10H19BrO2.C9H17BrO2/c1-2-10(8-13-9-10)7-12-6-4-3-5-11;1-9(7-12-8-9)6-11-5-3-2-4-10/h2-9H2,1H3;2-8H2,1H3. The van der Waals surface area contributed by atoms with Crippen molar-refractivity contribution in [1.82, 2.24) is 0 Å². The number of halogens is 2. The van der Waals surface area contributed by atoms with Crippen LogP contribution in [0.15, 0.2) is 0 Å². The Balaban J connectivity index is 0.000000251. The smallest absolute Gasteiger partial charge is 0.0566 e. The number of ether oxygens (including phenoxy) is 4. The first-order valence-corrected chi connectivity index (χ1v) is 11.8. The highest BCUT2D eigenvalue weighted by Crippen LogP contribution is 2.31. The molecule has 25 heavy (non-hydrogen) atoms. The van der Waals surface area contributed by atoms with Gasteiger partial charge < -0.3 is 18.9 Å². The molecular weight excluding hydrogens is 452 g/mol. The molecule has 0 atom stereocenters. The van der Waals surface area contributed by atoms with Crippen molar-refractivity contribution >= 4 is 31.9 Å². The van der Waals surface area contributed by atoms with Crippen molar-refractivity contribution in [3.8, 4) is 0 Å². The highest BCUT2D eigenvalue weighted by molar-refractivity contribution is 9.09. The molecular formula is C19H36Br2O4. The lowest BCUT2D eigenvalue weighted by molar-refractivity contribution is -0.150. The number of unbranched alkanes of at least 4 members (excludes halogenated alkanes) is 2. The molecule has 0 radical (unpaired) electrons. The molecule has 4 nitrogen and oxygen atoms in total. The molecule has 0 N–H and O–H groups in total. The molecule has 2 saturated heterocycles. The lowest BCUT2D eigenvalue weighted by Crippen LogP contribution is -2.45. The summed E-state index contributed by atoms with van der Waals surface area (Å²) in [4.78, 5) is 0. The van der Waals surface area contributed by atoms with Crippen molar-refractivity contribution in [3.63, 3.8) is 0 Å². The van der Waals surface area contributed by atoms with Crippen LogP contribution in [0.2, 0.25) is 0 Å². The highest BCUT2D eigenvalue weighted by atomic mass is 79.9. The van der Waals surface area contributed by atoms with Gasteiger partial charge in [0, 0.05) is 34.7 Å². The van der Waals surface area contributed by atoms with Crippen molar-refractivity contribution in [2.75, 3.05) is 63.5 Å². The van der Waals surface area contributed by atoms with Crippen LogP contribution in [-0.4, -0.2) is 63.5 Å². The van der Waals surface area contributed by atoms with E-state index in [1.54, 1.807) is 0 Å². The van der Waals surface area contributed by atoms with Gasteiger partial charge >= 0.3 is 0 Å². The molecule has 0 spiro atoms. The van der Waals surface area contributed by atoms with Crippen molar-refractivity contribution in [3.05, 3.63) is 0 Å². The fourth-order valence-corrected chi connectivity index (χ4v) is 3.31. The average Bonchev–Trinajstić information content (AvgIpc) is 2.55. The van der Waals surface area contributed by atoms with Crippen LogP contribution in [0.25, 0.3) is 0 Å². The second kappa shape index (κ2) is 13.9. The lowest BCUT2D eigenvalue weighted by Gasteiger charge is -2.40. The molecule has 0 aromatic carbocycles. The molecule has 0 aromatic rings. The molecule has 2 heterocycles. The molecule has 0 saturated carbocycles. The third kappa shape index (κ3) is 10.1. The first-order chi connectivity index (χ1) is 12.1. The van der Waals surface area contributed by atoms with E-state index in [0.29, 0.717) is 10.8 Å². The van der Waals surface area contributed by atoms with E-state index in [0.717, 1.165) is 76.4 Å². The van der Waals surface area contributed by atoms with Crippen LogP contribution >= 0.6 is 31.9 Å². The highest BCUT2D eigenvalue weighted by Gasteiger charge is 2.36. The molecule has 2 fully saturated rings. The van der Waals surface area contributed by atoms with Crippen molar-refractivity contribution < 1.29 is 18.9 Å². The van der Waals surface area contributed by atoms with Crippen molar-refractivity contribution in [2.45, 2.75) is 46.0 Å². The van der Waals surface area contributed by atoms with Gasteiger partial charge in [0.05, 0.1) is 39.6 Å². The summed E-state index contributed by atoms with van der Waals surface area (Å²) in [5.41, 5.74) is 0.669. The third-order valence-corrected chi connectivity index (χ3v) is 5.79. The predicted molar refractivity (Wildman–Crippen MR) is 110 cm³/mol. The summed E-state index contributed by atoms with van der Waals surface area (Å²) < 4.78 is 21.5. The van der Waals surface area contributed by atoms with Gasteiger partial charge in [0.1, 0.15) is 0 Å². The van der Waals surface area contributed by atoms with E-state index in [4.69, 9.17) is 18.9 Å². The molecule has 2 aliphatic heterocycles. The van der Waals surface area contributed by atoms with Crippen molar-refractivity contribution in [1.29, 1.82) is 0 Å². The maximum absolute atomic E-state index is 5.63. The molecule has 0 aromatic heterocycles. The topological polar surface area (TPSA) is 36.9 Å². The molecule has 0 aliphatic carbocycles. The first-order valence-electron chi connectivity index (χ1n) is 9.53. The molecule has 150 valence electrons. The number of hydrogen-bond acceptors (Lipinski definition) is 4. The summed E-state index contributed by atoms with van der Waals surface area (Å²) in [5, 5.41) is 2.16. The molecule has 6 heteroatoms. The Kier molecular flexibility index (Phi) is 13.2. The maximum atomic E-state index is 5.63. The van der Waals surface area contributed by atoms with E-state index in [1.165, 1.54) is 19.3 Å². The van der Waals surface area contributed by atoms with E-state index in [1.807, 2.05) is 0 Å². The van der Waals surface area contributed by atoms with E-state index in [9.17, 15) is 0 Å². The zero-order chi connectivity index (χ0) is 18.4. The normalized spacial score (nSPS) is 20.2. The van der Waals surface area contributed by atoms with Crippen LogP contribution in [0.4, 0.5) is 0 Å². The quantitative estimate of drug-likeness (QED) is 0.275. The minimum Gasteiger partial charge on any atom is -0.381 e. The summed E-state index contributed by atoms with van der Waals surface area (Å²) in [7, 11) is 0. The van der Waals surface area contributed by atoms with Gasteiger partial charge in [-0.15, -0.1) is 0 Å². The van der Waals surface area contributed by atoms with E-state index < -0.39 is 0 Å². The largest absolute Gasteiger partial charge is 0.381 e. The summed E-state index contributed by atoms with van der Waals surface area (Å²) in [6, 6.07) is 0. The third-order valence-electron chi connectivity index (χ3n) is 4.67. The zero-order valence-electron chi connectivity index (χ0n) is 16.0. The monoisotopic (exact) mass is 486 g/mol. The van der Waals surface area contributed by atoms with Gasteiger partial charge in [-0.3, -0.25) is 0 Å². The maximum Gasteiger partial charge on any atom is 0.0566 e. The Morgan fingerprint density at radius 2 is 1.32 bits per heavy atom. The summed E-state index contributed by atoms with van der Waals surface area (Å²) in [5.74, 6) is 0. The van der Waals surface area contributed by atoms with Gasteiger partial charge in [0.15, 0.2) is 0 Å². The van der Waals surface area contributed by atoms with Crippen LogP contribution in [0.1, 0.15) is 46.0 Å². The Labute approximate surface area is 170 Å². The molecule has 0 amide bonds. The first kappa shape index (κ1) is 23.8. The van der Waals surface area contributed by atoms with Crippen LogP contribution in [0, 0.1) is 10.8 Å². The predicted octanol–water partition coefficient (Wildman–Crippen LogP) is 4.82. The lowest BCUT2D eigenvalue weighted by atomic mass is 9.84. The van der Waals surface area contributed by atoms with E-state index in [-0.39, 0.29) is 0 Å². The van der Waals surface area contributed by atoms with Gasteiger partial charge in [-0.2, -0.15) is 0 Å². The Morgan fingerprint density at radius 3 is 1.68 bits per heavy atom. The summed E-state index contributed by atoms with van der Waals surface area (Å²) >= 11 is 6.79. The molecule has 2 rings (SSSR count). The van der Waals surface area contributed by atoms with Gasteiger partial charge in [-0.25, -0.2) is 0 Å². The fraction of sp³-hybridized carbons (Fsp3) is 1.00. The second-order valence-corrected chi connectivity index (χ2v) is 9.13. The fourth-order valence-electron chi connectivity index (χ4n) is 2.52. The van der Waals surface area contributed by atoms with E-state index >= 15 is 0 Å². The van der Waals surface area contributed by atoms with Crippen LogP contribution in [0.5, 0.6) is 0 Å². The zero-order valence-corrected chi connectivity index (χ0v) is 19.2. The van der Waals surface area contributed by atoms with Crippen LogP contribution in [0.3, 0.4) is 0 Å². The minimum atomic E-state index is 0.314. The molecule has 0 bridgehead atoms. The number of rotatable bonds is 13. The van der Waals surface area contributed by atoms with Gasteiger partial charge in [0.25, 0.3) is 0 Å². The SMILES string of the molecule is CC1(COCCCCBr)COC1.CCC1(COCCCCBr)COC1. The average molecular weight is 488 g/mol. The second-order valence-electron chi connectivity index (χ2n) is 7.55. The Hall–Kier alpha value is 0.800. The Morgan fingerprint density at radius 1 is 0.800 bits per heavy atom. The van der Waals surface area contributed by atoms with Gasteiger partial charge in [-0.1, -0.05) is 45.7 Å². The minimum absolute atomic E-state index is 0.314. The summed E-state index contributed by atoms with van der Waals surface area (Å²) in [6.45, 7) is 11.5. The summed E-state index contributed by atoms with van der Waals surface area (Å²) in [6.07, 6.45) is 5.89. The number of alkyl halides is 2. The van der Waals surface area contributed by atoms with Gasteiger partial charge in [-0.05, 0) is 32.1 Å². The Bertz CT molecular complexity index is 315. The number of hydrogen-bond donors (Lipinski definition) is 0. The molecule has 2 aliphatic rings. The van der Waals surface area contributed by atoms with Crippen molar-refractivity contribution in [2.24, 2.45) is 10.8 Å². The van der Waals surface area contributed by atoms with Crippen LogP contribution in [-0.2, 0) is 18.9 Å².